The highest BCUT2D eigenvalue weighted by atomic mass is 127. The predicted molar refractivity (Wildman–Crippen MR) is 124 cm³/mol. The molecule has 0 radical (unpaired) electrons. The molecule has 2 rings (SSSR count). The second-order valence-corrected chi connectivity index (χ2v) is 10.7. The van der Waals surface area contributed by atoms with E-state index in [0.717, 1.165) is 10.7 Å². The van der Waals surface area contributed by atoms with Crippen LogP contribution in [-0.2, 0) is 4.74 Å². The first kappa shape index (κ1) is 22.1. The molecule has 0 aliphatic carbocycles. The number of ether oxygens (including phenoxy) is 1. The zero-order valence-corrected chi connectivity index (χ0v) is 21.3. The van der Waals surface area contributed by atoms with Crippen molar-refractivity contribution in [3.05, 3.63) is 28.4 Å². The molecule has 1 aromatic carbocycles. The van der Waals surface area contributed by atoms with E-state index in [1.807, 2.05) is 12.1 Å². The minimum atomic E-state index is -0.262. The topological polar surface area (TPSA) is 49.8 Å². The number of hydrogen-bond acceptors (Lipinski definition) is 4. The standard InChI is InChI=1S/C18H24I3NO3/c1-9(2)15-7-12(8-16(10(3)4)22(15)24)25-18(23)13-5-11(19)6-14(20)17(13)21/h5-6,9-10,12,15-16,24H,7-8H2,1-4H3. The number of carbonyl (C=O) groups is 1. The Kier molecular flexibility index (Phi) is 8.25. The van der Waals surface area contributed by atoms with Gasteiger partial charge in [0.05, 0.1) is 5.56 Å². The third kappa shape index (κ3) is 5.41. The lowest BCUT2D eigenvalue weighted by molar-refractivity contribution is -0.213. The van der Waals surface area contributed by atoms with Crippen molar-refractivity contribution in [2.45, 2.75) is 58.7 Å². The molecule has 0 amide bonds. The summed E-state index contributed by atoms with van der Waals surface area (Å²) in [4.78, 5) is 12.8. The molecule has 7 heteroatoms. The Labute approximate surface area is 190 Å². The van der Waals surface area contributed by atoms with E-state index < -0.39 is 0 Å². The summed E-state index contributed by atoms with van der Waals surface area (Å²) in [6, 6.07) is 3.95. The van der Waals surface area contributed by atoms with Crippen LogP contribution in [0.15, 0.2) is 12.1 Å². The van der Waals surface area contributed by atoms with Crippen LogP contribution in [-0.4, -0.2) is 34.4 Å². The van der Waals surface area contributed by atoms with E-state index in [1.54, 1.807) is 0 Å². The highest BCUT2D eigenvalue weighted by molar-refractivity contribution is 14.1. The number of benzene rings is 1. The van der Waals surface area contributed by atoms with Crippen molar-refractivity contribution >= 4 is 73.7 Å². The Morgan fingerprint density at radius 2 is 1.64 bits per heavy atom. The molecular weight excluding hydrogens is 659 g/mol. The van der Waals surface area contributed by atoms with Gasteiger partial charge in [0.2, 0.25) is 0 Å². The van der Waals surface area contributed by atoms with Crippen molar-refractivity contribution in [3.63, 3.8) is 0 Å². The summed E-state index contributed by atoms with van der Waals surface area (Å²) in [5.41, 5.74) is 0.630. The van der Waals surface area contributed by atoms with Gasteiger partial charge >= 0.3 is 5.97 Å². The lowest BCUT2D eigenvalue weighted by atomic mass is 9.85. The molecule has 0 saturated carbocycles. The molecule has 0 aromatic heterocycles. The fourth-order valence-electron chi connectivity index (χ4n) is 3.27. The van der Waals surface area contributed by atoms with E-state index in [0.29, 0.717) is 30.2 Å². The summed E-state index contributed by atoms with van der Waals surface area (Å²) in [6.45, 7) is 8.39. The number of carbonyl (C=O) groups excluding carboxylic acids is 1. The summed E-state index contributed by atoms with van der Waals surface area (Å²) in [5, 5.41) is 12.0. The van der Waals surface area contributed by atoms with Gasteiger partial charge in [-0.25, -0.2) is 4.79 Å². The van der Waals surface area contributed by atoms with Crippen LogP contribution in [0.5, 0.6) is 0 Å². The maximum absolute atomic E-state index is 12.8. The molecule has 1 aliphatic heterocycles. The van der Waals surface area contributed by atoms with Crippen LogP contribution in [0.2, 0.25) is 0 Å². The van der Waals surface area contributed by atoms with Crippen LogP contribution < -0.4 is 0 Å². The molecule has 25 heavy (non-hydrogen) atoms. The molecule has 1 fully saturated rings. The number of piperidine rings is 1. The summed E-state index contributed by atoms with van der Waals surface area (Å²) >= 11 is 6.67. The number of hydroxylamine groups is 2. The lowest BCUT2D eigenvalue weighted by Gasteiger charge is -2.44. The van der Waals surface area contributed by atoms with Crippen LogP contribution in [0.1, 0.15) is 50.9 Å². The monoisotopic (exact) mass is 683 g/mol. The molecule has 1 N–H and O–H groups in total. The third-order valence-corrected chi connectivity index (χ3v) is 8.38. The fraction of sp³-hybridized carbons (Fsp3) is 0.611. The quantitative estimate of drug-likeness (QED) is 0.257. The average Bonchev–Trinajstić information content (AvgIpc) is 2.51. The van der Waals surface area contributed by atoms with E-state index in [4.69, 9.17) is 4.74 Å². The predicted octanol–water partition coefficient (Wildman–Crippen LogP) is 5.56. The van der Waals surface area contributed by atoms with Gasteiger partial charge in [0, 0.05) is 35.6 Å². The fourth-order valence-corrected chi connectivity index (χ4v) is 5.64. The molecule has 4 nitrogen and oxygen atoms in total. The van der Waals surface area contributed by atoms with Crippen molar-refractivity contribution in [3.8, 4) is 0 Å². The molecule has 1 saturated heterocycles. The first-order valence-electron chi connectivity index (χ1n) is 8.44. The van der Waals surface area contributed by atoms with E-state index in [9.17, 15) is 10.0 Å². The van der Waals surface area contributed by atoms with Gasteiger partial charge in [-0.1, -0.05) is 27.7 Å². The second-order valence-electron chi connectivity index (χ2n) is 7.25. The maximum atomic E-state index is 12.8. The van der Waals surface area contributed by atoms with Gasteiger partial charge in [0.15, 0.2) is 0 Å². The Balaban J connectivity index is 2.20. The third-order valence-electron chi connectivity index (χ3n) is 4.71. The van der Waals surface area contributed by atoms with E-state index >= 15 is 0 Å². The largest absolute Gasteiger partial charge is 0.459 e. The summed E-state index contributed by atoms with van der Waals surface area (Å²) in [5.74, 6) is 0.334. The van der Waals surface area contributed by atoms with Gasteiger partial charge in [0.25, 0.3) is 0 Å². The summed E-state index contributed by atoms with van der Waals surface area (Å²) in [7, 11) is 0. The van der Waals surface area contributed by atoms with Crippen molar-refractivity contribution in [1.29, 1.82) is 0 Å². The average molecular weight is 683 g/mol. The second kappa shape index (κ2) is 9.33. The van der Waals surface area contributed by atoms with Gasteiger partial charge in [-0.05, 0) is 91.7 Å². The number of esters is 1. The van der Waals surface area contributed by atoms with Gasteiger partial charge in [-0.2, -0.15) is 5.06 Å². The molecule has 1 aromatic rings. The summed E-state index contributed by atoms with van der Waals surface area (Å²) < 4.78 is 8.91. The Bertz CT molecular complexity index is 618. The van der Waals surface area contributed by atoms with Crippen LogP contribution in [0.25, 0.3) is 0 Å². The smallest absolute Gasteiger partial charge is 0.339 e. The van der Waals surface area contributed by atoms with Crippen molar-refractivity contribution in [2.24, 2.45) is 11.8 Å². The Morgan fingerprint density at radius 3 is 2.12 bits per heavy atom. The van der Waals surface area contributed by atoms with Crippen molar-refractivity contribution < 1.29 is 14.7 Å². The number of hydrogen-bond donors (Lipinski definition) is 1. The first-order valence-corrected chi connectivity index (χ1v) is 11.7. The van der Waals surface area contributed by atoms with Crippen molar-refractivity contribution in [2.75, 3.05) is 0 Å². The zero-order chi connectivity index (χ0) is 18.9. The first-order chi connectivity index (χ1) is 11.6. The number of rotatable bonds is 4. The molecule has 0 spiro atoms. The zero-order valence-electron chi connectivity index (χ0n) is 14.8. The Hall–Kier alpha value is 0.800. The van der Waals surface area contributed by atoms with Crippen LogP contribution >= 0.6 is 67.8 Å². The molecule has 2 atom stereocenters. The number of nitrogens with zero attached hydrogens (tertiary/aromatic N) is 1. The molecule has 2 unspecified atom stereocenters. The summed E-state index contributed by atoms with van der Waals surface area (Å²) in [6.07, 6.45) is 1.17. The SMILES string of the molecule is CC(C)C1CC(OC(=O)c2cc(I)cc(I)c2I)CC(C(C)C)N1O. The number of halogens is 3. The molecule has 140 valence electrons. The van der Waals surface area contributed by atoms with Gasteiger partial charge in [-0.15, -0.1) is 0 Å². The lowest BCUT2D eigenvalue weighted by Crippen LogP contribution is -2.53. The van der Waals surface area contributed by atoms with Crippen LogP contribution in [0, 0.1) is 22.5 Å². The minimum Gasteiger partial charge on any atom is -0.459 e. The van der Waals surface area contributed by atoms with E-state index in [1.165, 1.54) is 5.06 Å². The molecular formula is C18H24I3NO3. The maximum Gasteiger partial charge on any atom is 0.339 e. The highest BCUT2D eigenvalue weighted by Crippen LogP contribution is 2.32. The van der Waals surface area contributed by atoms with E-state index in [2.05, 4.69) is 95.5 Å². The van der Waals surface area contributed by atoms with Gasteiger partial charge in [0.1, 0.15) is 6.10 Å². The van der Waals surface area contributed by atoms with Crippen LogP contribution in [0.3, 0.4) is 0 Å². The Morgan fingerprint density at radius 1 is 1.12 bits per heavy atom. The normalized spacial score (nSPS) is 24.8. The molecule has 1 aliphatic rings. The molecule has 1 heterocycles. The van der Waals surface area contributed by atoms with Crippen LogP contribution in [0.4, 0.5) is 0 Å². The van der Waals surface area contributed by atoms with Gasteiger partial charge < -0.3 is 9.94 Å². The highest BCUT2D eigenvalue weighted by Gasteiger charge is 2.39. The molecule has 0 bridgehead atoms. The van der Waals surface area contributed by atoms with Crippen molar-refractivity contribution in [1.82, 2.24) is 5.06 Å². The van der Waals surface area contributed by atoms with Gasteiger partial charge in [-0.3, -0.25) is 0 Å². The van der Waals surface area contributed by atoms with E-state index in [-0.39, 0.29) is 24.2 Å². The minimum absolute atomic E-state index is 0.00840.